The van der Waals surface area contributed by atoms with Crippen molar-refractivity contribution in [1.82, 2.24) is 10.2 Å². The molecule has 3 heteroatoms. The number of ether oxygens (including phenoxy) is 1. The third-order valence-corrected chi connectivity index (χ3v) is 3.47. The van der Waals surface area contributed by atoms with Crippen LogP contribution in [0.25, 0.3) is 0 Å². The highest BCUT2D eigenvalue weighted by molar-refractivity contribution is 4.68. The molecule has 2 aliphatic rings. The summed E-state index contributed by atoms with van der Waals surface area (Å²) >= 11 is 0. The van der Waals surface area contributed by atoms with Crippen LogP contribution in [0.2, 0.25) is 0 Å². The van der Waals surface area contributed by atoms with Gasteiger partial charge in [0.1, 0.15) is 0 Å². The lowest BCUT2D eigenvalue weighted by molar-refractivity contribution is 0.104. The van der Waals surface area contributed by atoms with Crippen molar-refractivity contribution < 1.29 is 4.74 Å². The molecular formula is C12H24N2O. The summed E-state index contributed by atoms with van der Waals surface area (Å²) in [6.45, 7) is 7.11. The van der Waals surface area contributed by atoms with Gasteiger partial charge in [0.15, 0.2) is 0 Å². The summed E-state index contributed by atoms with van der Waals surface area (Å²) in [6.07, 6.45) is 7.07. The van der Waals surface area contributed by atoms with Crippen molar-refractivity contribution in [3.05, 3.63) is 0 Å². The van der Waals surface area contributed by atoms with Gasteiger partial charge in [-0.25, -0.2) is 0 Å². The second-order valence-corrected chi connectivity index (χ2v) is 4.72. The molecule has 0 aromatic carbocycles. The maximum Gasteiger partial charge on any atom is 0.0588 e. The Kier molecular flexibility index (Phi) is 4.90. The van der Waals surface area contributed by atoms with Gasteiger partial charge in [0.05, 0.1) is 6.10 Å². The zero-order valence-corrected chi connectivity index (χ0v) is 9.71. The summed E-state index contributed by atoms with van der Waals surface area (Å²) in [6, 6.07) is 0. The molecule has 0 amide bonds. The van der Waals surface area contributed by atoms with Crippen LogP contribution in [0, 0.1) is 0 Å². The molecule has 0 bridgehead atoms. The molecule has 1 unspecified atom stereocenters. The van der Waals surface area contributed by atoms with Gasteiger partial charge in [-0.3, -0.25) is 0 Å². The molecule has 0 spiro atoms. The molecule has 2 saturated heterocycles. The molecule has 3 nitrogen and oxygen atoms in total. The van der Waals surface area contributed by atoms with Gasteiger partial charge >= 0.3 is 0 Å². The normalized spacial score (nSPS) is 27.6. The lowest BCUT2D eigenvalue weighted by Gasteiger charge is -2.15. The number of nitrogens with zero attached hydrogens (tertiary/aromatic N) is 1. The highest BCUT2D eigenvalue weighted by Gasteiger charge is 2.14. The van der Waals surface area contributed by atoms with Crippen LogP contribution in [0.4, 0.5) is 0 Å². The summed E-state index contributed by atoms with van der Waals surface area (Å²) in [5.41, 5.74) is 0. The molecule has 1 N–H and O–H groups in total. The highest BCUT2D eigenvalue weighted by Crippen LogP contribution is 2.14. The van der Waals surface area contributed by atoms with Crippen molar-refractivity contribution >= 4 is 0 Å². The molecule has 0 saturated carbocycles. The first-order valence-electron chi connectivity index (χ1n) is 6.50. The second-order valence-electron chi connectivity index (χ2n) is 4.72. The van der Waals surface area contributed by atoms with E-state index in [2.05, 4.69) is 10.2 Å². The average Bonchev–Trinajstić information content (AvgIpc) is 2.88. The minimum Gasteiger partial charge on any atom is -0.378 e. The Bertz CT molecular complexity index is 145. The van der Waals surface area contributed by atoms with Crippen molar-refractivity contribution in [2.24, 2.45) is 0 Å². The van der Waals surface area contributed by atoms with E-state index in [0.717, 1.165) is 19.7 Å². The van der Waals surface area contributed by atoms with Gasteiger partial charge in [0.25, 0.3) is 0 Å². The first kappa shape index (κ1) is 11.4. The van der Waals surface area contributed by atoms with Crippen LogP contribution in [0.15, 0.2) is 0 Å². The fourth-order valence-corrected chi connectivity index (χ4v) is 2.50. The van der Waals surface area contributed by atoms with E-state index in [-0.39, 0.29) is 0 Å². The summed E-state index contributed by atoms with van der Waals surface area (Å²) in [4.78, 5) is 2.55. The number of nitrogens with one attached hydrogen (secondary N) is 1. The Morgan fingerprint density at radius 2 is 2.00 bits per heavy atom. The number of hydrogen-bond donors (Lipinski definition) is 1. The van der Waals surface area contributed by atoms with Gasteiger partial charge in [-0.05, 0) is 51.7 Å². The molecule has 88 valence electrons. The van der Waals surface area contributed by atoms with Crippen LogP contribution < -0.4 is 5.32 Å². The van der Waals surface area contributed by atoms with Gasteiger partial charge < -0.3 is 15.0 Å². The molecule has 1 atom stereocenters. The quantitative estimate of drug-likeness (QED) is 0.670. The molecule has 15 heavy (non-hydrogen) atoms. The van der Waals surface area contributed by atoms with Crippen molar-refractivity contribution in [1.29, 1.82) is 0 Å². The number of rotatable bonds is 6. The number of hydrogen-bond acceptors (Lipinski definition) is 3. The van der Waals surface area contributed by atoms with Crippen molar-refractivity contribution in [2.75, 3.05) is 39.3 Å². The van der Waals surface area contributed by atoms with Gasteiger partial charge in [0, 0.05) is 19.7 Å². The topological polar surface area (TPSA) is 24.5 Å². The first-order chi connectivity index (χ1) is 7.45. The van der Waals surface area contributed by atoms with Crippen molar-refractivity contribution in [2.45, 2.75) is 38.2 Å². The second kappa shape index (κ2) is 6.46. The Balaban J connectivity index is 1.41. The fourth-order valence-electron chi connectivity index (χ4n) is 2.50. The maximum atomic E-state index is 5.58. The highest BCUT2D eigenvalue weighted by atomic mass is 16.5. The molecule has 0 aromatic heterocycles. The minimum atomic E-state index is 0.546. The monoisotopic (exact) mass is 212 g/mol. The molecule has 0 radical (unpaired) electrons. The third kappa shape index (κ3) is 4.09. The van der Waals surface area contributed by atoms with Crippen LogP contribution >= 0.6 is 0 Å². The van der Waals surface area contributed by atoms with Gasteiger partial charge in [-0.1, -0.05) is 0 Å². The van der Waals surface area contributed by atoms with Gasteiger partial charge in [-0.2, -0.15) is 0 Å². The van der Waals surface area contributed by atoms with E-state index in [0.29, 0.717) is 6.10 Å². The fraction of sp³-hybridized carbons (Fsp3) is 1.00. The molecule has 0 aliphatic carbocycles. The smallest absolute Gasteiger partial charge is 0.0588 e. The van der Waals surface area contributed by atoms with E-state index in [9.17, 15) is 0 Å². The zero-order valence-electron chi connectivity index (χ0n) is 9.71. The van der Waals surface area contributed by atoms with Gasteiger partial charge in [-0.15, -0.1) is 0 Å². The summed E-state index contributed by atoms with van der Waals surface area (Å²) in [5.74, 6) is 0. The Hall–Kier alpha value is -0.120. The van der Waals surface area contributed by atoms with Crippen LogP contribution in [0.5, 0.6) is 0 Å². The molecule has 2 aliphatic heterocycles. The Morgan fingerprint density at radius 3 is 2.73 bits per heavy atom. The standard InChI is InChI=1S/C12H24N2O/c1-2-9-14(8-1)10-7-13-6-5-12-4-3-11-15-12/h12-13H,1-11H2. The van der Waals surface area contributed by atoms with E-state index in [1.807, 2.05) is 0 Å². The van der Waals surface area contributed by atoms with E-state index < -0.39 is 0 Å². The van der Waals surface area contributed by atoms with Gasteiger partial charge in [0.2, 0.25) is 0 Å². The van der Waals surface area contributed by atoms with Crippen molar-refractivity contribution in [3.8, 4) is 0 Å². The predicted molar refractivity (Wildman–Crippen MR) is 62.1 cm³/mol. The molecule has 2 fully saturated rings. The molecule has 0 aromatic rings. The van der Waals surface area contributed by atoms with E-state index in [4.69, 9.17) is 4.74 Å². The van der Waals surface area contributed by atoms with Crippen LogP contribution in [0.3, 0.4) is 0 Å². The third-order valence-electron chi connectivity index (χ3n) is 3.47. The van der Waals surface area contributed by atoms with E-state index in [1.54, 1.807) is 0 Å². The van der Waals surface area contributed by atoms with Crippen LogP contribution in [-0.4, -0.2) is 50.3 Å². The Morgan fingerprint density at radius 1 is 1.13 bits per heavy atom. The maximum absolute atomic E-state index is 5.58. The van der Waals surface area contributed by atoms with Crippen LogP contribution in [0.1, 0.15) is 32.1 Å². The van der Waals surface area contributed by atoms with E-state index >= 15 is 0 Å². The zero-order chi connectivity index (χ0) is 10.3. The van der Waals surface area contributed by atoms with Crippen LogP contribution in [-0.2, 0) is 4.74 Å². The lowest BCUT2D eigenvalue weighted by Crippen LogP contribution is -2.31. The van der Waals surface area contributed by atoms with E-state index in [1.165, 1.54) is 51.7 Å². The number of likely N-dealkylation sites (tertiary alicyclic amines) is 1. The largest absolute Gasteiger partial charge is 0.378 e. The predicted octanol–water partition coefficient (Wildman–Crippen LogP) is 1.24. The lowest BCUT2D eigenvalue weighted by atomic mass is 10.2. The summed E-state index contributed by atoms with van der Waals surface area (Å²) < 4.78 is 5.58. The summed E-state index contributed by atoms with van der Waals surface area (Å²) in [7, 11) is 0. The minimum absolute atomic E-state index is 0.546. The summed E-state index contributed by atoms with van der Waals surface area (Å²) in [5, 5.41) is 3.52. The first-order valence-corrected chi connectivity index (χ1v) is 6.50. The molecule has 2 heterocycles. The van der Waals surface area contributed by atoms with Crippen molar-refractivity contribution in [3.63, 3.8) is 0 Å². The SMILES string of the molecule is C1COC(CCNCCN2CCCC2)C1. The Labute approximate surface area is 93.2 Å². The molecular weight excluding hydrogens is 188 g/mol. The molecule has 2 rings (SSSR count). The average molecular weight is 212 g/mol.